The fourth-order valence-electron chi connectivity index (χ4n) is 4.10. The summed E-state index contributed by atoms with van der Waals surface area (Å²) in [5.74, 6) is 2.35. The topological polar surface area (TPSA) is 35.4 Å². The minimum absolute atomic E-state index is 0.325. The molecule has 0 unspecified atom stereocenters. The lowest BCUT2D eigenvalue weighted by Crippen LogP contribution is -2.26. The average Bonchev–Trinajstić information content (AvgIpc) is 3.27. The lowest BCUT2D eigenvalue weighted by Gasteiger charge is -2.22. The molecule has 0 bridgehead atoms. The summed E-state index contributed by atoms with van der Waals surface area (Å²) in [6.45, 7) is 3.41. The number of ether oxygens (including phenoxy) is 2. The van der Waals surface area contributed by atoms with Gasteiger partial charge in [0.1, 0.15) is 0 Å². The molecule has 2 aliphatic heterocycles. The maximum absolute atomic E-state index is 5.53. The van der Waals surface area contributed by atoms with Crippen LogP contribution < -0.4 is 14.8 Å². The van der Waals surface area contributed by atoms with Crippen molar-refractivity contribution in [2.75, 3.05) is 19.9 Å². The van der Waals surface area contributed by atoms with Crippen molar-refractivity contribution in [3.63, 3.8) is 0 Å². The predicted molar refractivity (Wildman–Crippen MR) is 98.4 cm³/mol. The zero-order valence-electron chi connectivity index (χ0n) is 14.2. The van der Waals surface area contributed by atoms with Gasteiger partial charge in [-0.3, -0.25) is 0 Å². The molecule has 3 aromatic rings. The van der Waals surface area contributed by atoms with Gasteiger partial charge in [0.15, 0.2) is 11.5 Å². The number of hydrogen-bond donors (Lipinski definition) is 1. The molecule has 4 heteroatoms. The van der Waals surface area contributed by atoms with Crippen molar-refractivity contribution in [3.8, 4) is 11.5 Å². The number of hydrogen-bond acceptors (Lipinski definition) is 3. The summed E-state index contributed by atoms with van der Waals surface area (Å²) < 4.78 is 13.3. The van der Waals surface area contributed by atoms with Gasteiger partial charge in [0, 0.05) is 23.6 Å². The van der Waals surface area contributed by atoms with Gasteiger partial charge in [0.2, 0.25) is 6.79 Å². The molecule has 0 saturated carbocycles. The first-order chi connectivity index (χ1) is 12.4. The molecule has 0 amide bonds. The van der Waals surface area contributed by atoms with Crippen LogP contribution in [0, 0.1) is 0 Å². The number of benzene rings is 2. The largest absolute Gasteiger partial charge is 0.454 e. The number of para-hydroxylation sites is 1. The van der Waals surface area contributed by atoms with Crippen molar-refractivity contribution in [1.82, 2.24) is 9.88 Å². The summed E-state index contributed by atoms with van der Waals surface area (Å²) in [4.78, 5) is 0. The fraction of sp³-hybridized carbons (Fsp3) is 0.333. The highest BCUT2D eigenvalue weighted by Crippen LogP contribution is 2.35. The molecular formula is C21H22N2O2. The number of nitrogens with zero attached hydrogens (tertiary/aromatic N) is 1. The zero-order chi connectivity index (χ0) is 16.6. The molecule has 1 aromatic heterocycles. The third-order valence-electron chi connectivity index (χ3n) is 5.39. The smallest absolute Gasteiger partial charge is 0.231 e. The van der Waals surface area contributed by atoms with Gasteiger partial charge < -0.3 is 19.4 Å². The zero-order valence-corrected chi connectivity index (χ0v) is 14.2. The van der Waals surface area contributed by atoms with E-state index >= 15 is 0 Å². The van der Waals surface area contributed by atoms with Crippen molar-refractivity contribution in [1.29, 1.82) is 0 Å². The average molecular weight is 334 g/mol. The monoisotopic (exact) mass is 334 g/mol. The van der Waals surface area contributed by atoms with Crippen LogP contribution in [0.15, 0.2) is 48.7 Å². The Morgan fingerprint density at radius 3 is 2.76 bits per heavy atom. The highest BCUT2D eigenvalue weighted by atomic mass is 16.7. The van der Waals surface area contributed by atoms with Crippen molar-refractivity contribution >= 4 is 10.9 Å². The number of fused-ring (bicyclic) bond motifs is 2. The van der Waals surface area contributed by atoms with Crippen LogP contribution in [0.5, 0.6) is 11.5 Å². The van der Waals surface area contributed by atoms with Crippen molar-refractivity contribution in [2.24, 2.45) is 0 Å². The molecule has 0 radical (unpaired) electrons. The Morgan fingerprint density at radius 2 is 1.84 bits per heavy atom. The van der Waals surface area contributed by atoms with Gasteiger partial charge in [-0.15, -0.1) is 0 Å². The van der Waals surface area contributed by atoms with Crippen LogP contribution in [0.4, 0.5) is 0 Å². The van der Waals surface area contributed by atoms with E-state index in [2.05, 4.69) is 52.5 Å². The quantitative estimate of drug-likeness (QED) is 0.789. The van der Waals surface area contributed by atoms with Gasteiger partial charge in [-0.25, -0.2) is 0 Å². The first-order valence-corrected chi connectivity index (χ1v) is 9.05. The molecule has 0 spiro atoms. The molecule has 3 heterocycles. The van der Waals surface area contributed by atoms with Crippen LogP contribution in [-0.4, -0.2) is 24.4 Å². The van der Waals surface area contributed by atoms with Gasteiger partial charge in [-0.1, -0.05) is 24.3 Å². The summed E-state index contributed by atoms with van der Waals surface area (Å²) in [6, 6.07) is 15.0. The van der Waals surface area contributed by atoms with E-state index in [1.165, 1.54) is 34.9 Å². The molecule has 25 heavy (non-hydrogen) atoms. The lowest BCUT2D eigenvalue weighted by molar-refractivity contribution is 0.174. The van der Waals surface area contributed by atoms with E-state index in [9.17, 15) is 0 Å². The van der Waals surface area contributed by atoms with E-state index in [0.717, 1.165) is 31.1 Å². The van der Waals surface area contributed by atoms with Crippen LogP contribution in [0.2, 0.25) is 0 Å². The molecule has 5 rings (SSSR count). The summed E-state index contributed by atoms with van der Waals surface area (Å²) in [5.41, 5.74) is 4.05. The second kappa shape index (κ2) is 6.12. The first kappa shape index (κ1) is 14.8. The lowest BCUT2D eigenvalue weighted by atomic mass is 9.90. The third kappa shape index (κ3) is 2.67. The Bertz CT molecular complexity index is 909. The summed E-state index contributed by atoms with van der Waals surface area (Å²) in [5, 5.41) is 4.87. The minimum Gasteiger partial charge on any atom is -0.454 e. The fourth-order valence-corrected chi connectivity index (χ4v) is 4.10. The van der Waals surface area contributed by atoms with E-state index in [4.69, 9.17) is 9.47 Å². The van der Waals surface area contributed by atoms with Crippen molar-refractivity contribution in [2.45, 2.75) is 25.3 Å². The molecule has 0 atom stereocenters. The number of piperidine rings is 1. The summed E-state index contributed by atoms with van der Waals surface area (Å²) in [7, 11) is 0. The van der Waals surface area contributed by atoms with Crippen LogP contribution >= 0.6 is 0 Å². The van der Waals surface area contributed by atoms with Crippen LogP contribution in [0.25, 0.3) is 10.9 Å². The summed E-state index contributed by atoms with van der Waals surface area (Å²) >= 11 is 0. The Hall–Kier alpha value is -2.46. The second-order valence-electron chi connectivity index (χ2n) is 6.94. The summed E-state index contributed by atoms with van der Waals surface area (Å²) in [6.07, 6.45) is 4.81. The molecule has 1 N–H and O–H groups in total. The second-order valence-corrected chi connectivity index (χ2v) is 6.94. The SMILES string of the molecule is c1ccc2c(c1)c(C1CCNCC1)cn2Cc1ccc2c(c1)OCO2. The molecule has 2 aliphatic rings. The first-order valence-electron chi connectivity index (χ1n) is 9.05. The van der Waals surface area contributed by atoms with Crippen LogP contribution in [-0.2, 0) is 6.54 Å². The van der Waals surface area contributed by atoms with Crippen LogP contribution in [0.3, 0.4) is 0 Å². The molecule has 2 aromatic carbocycles. The normalized spacial score (nSPS) is 17.3. The third-order valence-corrected chi connectivity index (χ3v) is 5.39. The Balaban J connectivity index is 1.52. The molecule has 0 aliphatic carbocycles. The van der Waals surface area contributed by atoms with Crippen molar-refractivity contribution in [3.05, 3.63) is 59.8 Å². The van der Waals surface area contributed by atoms with E-state index < -0.39 is 0 Å². The number of aromatic nitrogens is 1. The Morgan fingerprint density at radius 1 is 1.00 bits per heavy atom. The van der Waals surface area contributed by atoms with Crippen molar-refractivity contribution < 1.29 is 9.47 Å². The standard InChI is InChI=1S/C21H22N2O2/c1-2-4-19-17(3-1)18(16-7-9-22-10-8-16)13-23(19)12-15-5-6-20-21(11-15)25-14-24-20/h1-6,11,13,16,22H,7-10,12,14H2. The maximum Gasteiger partial charge on any atom is 0.231 e. The van der Waals surface area contributed by atoms with E-state index in [0.29, 0.717) is 12.7 Å². The minimum atomic E-state index is 0.325. The molecule has 4 nitrogen and oxygen atoms in total. The number of rotatable bonds is 3. The van der Waals surface area contributed by atoms with E-state index in [1.54, 1.807) is 0 Å². The van der Waals surface area contributed by atoms with Gasteiger partial charge in [-0.05, 0) is 61.2 Å². The van der Waals surface area contributed by atoms with Gasteiger partial charge >= 0.3 is 0 Å². The van der Waals surface area contributed by atoms with Gasteiger partial charge in [0.25, 0.3) is 0 Å². The van der Waals surface area contributed by atoms with Gasteiger partial charge in [-0.2, -0.15) is 0 Å². The molecule has 128 valence electrons. The maximum atomic E-state index is 5.53. The van der Waals surface area contributed by atoms with E-state index in [1.807, 2.05) is 6.07 Å². The Kier molecular flexibility index (Phi) is 3.63. The highest BCUT2D eigenvalue weighted by molar-refractivity contribution is 5.84. The molecule has 1 saturated heterocycles. The Labute approximate surface area is 147 Å². The number of nitrogens with one attached hydrogen (secondary N) is 1. The van der Waals surface area contributed by atoms with Crippen LogP contribution in [0.1, 0.15) is 29.9 Å². The highest BCUT2D eigenvalue weighted by Gasteiger charge is 2.20. The molecule has 1 fully saturated rings. The predicted octanol–water partition coefficient (Wildman–Crippen LogP) is 3.89. The van der Waals surface area contributed by atoms with Gasteiger partial charge in [0.05, 0.1) is 0 Å². The van der Waals surface area contributed by atoms with E-state index in [-0.39, 0.29) is 0 Å². The molecular weight excluding hydrogens is 312 g/mol.